The minimum Gasteiger partial charge on any atom is -0.371 e. The Morgan fingerprint density at radius 1 is 0.727 bits per heavy atom. The second kappa shape index (κ2) is 12.2. The summed E-state index contributed by atoms with van der Waals surface area (Å²) in [6.45, 7) is 10.2. The normalized spacial score (nSPS) is 25.4. The third kappa shape index (κ3) is 6.16. The average Bonchev–Trinajstić information content (AvgIpc) is 3.56. The topological polar surface area (TPSA) is 102 Å². The Morgan fingerprint density at radius 2 is 1.30 bits per heavy atom. The first-order chi connectivity index (χ1) is 21.4. The van der Waals surface area contributed by atoms with Crippen molar-refractivity contribution >= 4 is 35.0 Å². The van der Waals surface area contributed by atoms with Gasteiger partial charge in [0.2, 0.25) is 11.9 Å². The highest BCUT2D eigenvalue weighted by Crippen LogP contribution is 2.33. The Hall–Kier alpha value is -3.96. The second-order valence-electron chi connectivity index (χ2n) is 12.8. The molecule has 2 unspecified atom stereocenters. The zero-order valence-electron chi connectivity index (χ0n) is 25.9. The molecule has 11 heteroatoms. The fraction of sp³-hybridized carbons (Fsp3) is 0.515. The van der Waals surface area contributed by atoms with Gasteiger partial charge >= 0.3 is 6.03 Å². The van der Waals surface area contributed by atoms with Gasteiger partial charge in [-0.15, -0.1) is 0 Å². The molecule has 0 saturated carbocycles. The molecule has 4 saturated heterocycles. The van der Waals surface area contributed by atoms with Crippen LogP contribution >= 0.6 is 0 Å². The SMILES string of the molecule is C[C@@H]1CC[C@H](C)N1c1nc(-c2ccc(NC(=O)Nc3ccc(N4CCN(C)CC4)cc3)cc2)nc(N2CC3CCC(C2)O3)n1. The zero-order chi connectivity index (χ0) is 30.2. The predicted octanol–water partition coefficient (Wildman–Crippen LogP) is 4.68. The number of fused-ring (bicyclic) bond motifs is 2. The summed E-state index contributed by atoms with van der Waals surface area (Å²) in [6, 6.07) is 16.2. The van der Waals surface area contributed by atoms with E-state index in [0.717, 1.165) is 88.1 Å². The molecular weight excluding hydrogens is 554 g/mol. The lowest BCUT2D eigenvalue weighted by Crippen LogP contribution is -2.44. The molecule has 3 aromatic rings. The van der Waals surface area contributed by atoms with Crippen molar-refractivity contribution in [2.75, 3.05) is 71.6 Å². The molecule has 0 spiro atoms. The number of carbonyl (C=O) groups is 1. The monoisotopic (exact) mass is 597 g/mol. The highest BCUT2D eigenvalue weighted by atomic mass is 16.5. The number of morpholine rings is 1. The van der Waals surface area contributed by atoms with Crippen molar-refractivity contribution in [3.63, 3.8) is 0 Å². The van der Waals surface area contributed by atoms with E-state index in [2.05, 4.69) is 63.3 Å². The van der Waals surface area contributed by atoms with E-state index in [1.54, 1.807) is 0 Å². The summed E-state index contributed by atoms with van der Waals surface area (Å²) in [5.41, 5.74) is 3.51. The molecular formula is C33H43N9O2. The number of hydrogen-bond acceptors (Lipinski definition) is 9. The molecule has 232 valence electrons. The molecule has 11 nitrogen and oxygen atoms in total. The fourth-order valence-corrected chi connectivity index (χ4v) is 6.92. The van der Waals surface area contributed by atoms with Gasteiger partial charge in [0.1, 0.15) is 0 Å². The van der Waals surface area contributed by atoms with Crippen molar-refractivity contribution in [2.24, 2.45) is 0 Å². The molecule has 2 N–H and O–H groups in total. The van der Waals surface area contributed by atoms with E-state index < -0.39 is 0 Å². The van der Waals surface area contributed by atoms with Crippen molar-refractivity contribution in [1.29, 1.82) is 0 Å². The highest BCUT2D eigenvalue weighted by Gasteiger charge is 2.36. The number of amides is 2. The summed E-state index contributed by atoms with van der Waals surface area (Å²) in [5, 5.41) is 5.90. The minimum absolute atomic E-state index is 0.244. The van der Waals surface area contributed by atoms with Crippen LogP contribution in [0.5, 0.6) is 0 Å². The highest BCUT2D eigenvalue weighted by molar-refractivity contribution is 5.99. The molecule has 44 heavy (non-hydrogen) atoms. The third-order valence-electron chi connectivity index (χ3n) is 9.52. The quantitative estimate of drug-likeness (QED) is 0.419. The van der Waals surface area contributed by atoms with Crippen LogP contribution in [0.3, 0.4) is 0 Å². The number of carbonyl (C=O) groups excluding carboxylic acids is 1. The number of urea groups is 1. The van der Waals surface area contributed by atoms with Crippen molar-refractivity contribution in [2.45, 2.75) is 63.8 Å². The number of ether oxygens (including phenoxy) is 1. The Kier molecular flexibility index (Phi) is 7.98. The number of benzene rings is 2. The number of aromatic nitrogens is 3. The van der Waals surface area contributed by atoms with Crippen molar-refractivity contribution in [1.82, 2.24) is 19.9 Å². The van der Waals surface area contributed by atoms with E-state index in [-0.39, 0.29) is 18.2 Å². The minimum atomic E-state index is -0.284. The molecule has 4 aliphatic heterocycles. The molecule has 1 aromatic heterocycles. The third-order valence-corrected chi connectivity index (χ3v) is 9.52. The zero-order valence-corrected chi connectivity index (χ0v) is 25.9. The van der Waals surface area contributed by atoms with Crippen LogP contribution in [-0.2, 0) is 4.74 Å². The van der Waals surface area contributed by atoms with Crippen LogP contribution in [0.4, 0.5) is 33.8 Å². The van der Waals surface area contributed by atoms with Gasteiger partial charge in [0.25, 0.3) is 0 Å². The molecule has 2 aromatic carbocycles. The van der Waals surface area contributed by atoms with Crippen LogP contribution < -0.4 is 25.3 Å². The van der Waals surface area contributed by atoms with E-state index in [9.17, 15) is 4.79 Å². The van der Waals surface area contributed by atoms with Gasteiger partial charge in [0, 0.05) is 74.0 Å². The number of rotatable bonds is 6. The molecule has 4 fully saturated rings. The van der Waals surface area contributed by atoms with Crippen LogP contribution in [0.1, 0.15) is 39.5 Å². The summed E-state index contributed by atoms with van der Waals surface area (Å²) in [5.74, 6) is 2.10. The van der Waals surface area contributed by atoms with Crippen LogP contribution in [0, 0.1) is 0 Å². The fourth-order valence-electron chi connectivity index (χ4n) is 6.92. The van der Waals surface area contributed by atoms with Crippen LogP contribution in [-0.4, -0.2) is 96.5 Å². The predicted molar refractivity (Wildman–Crippen MR) is 175 cm³/mol. The largest absolute Gasteiger partial charge is 0.371 e. The Balaban J connectivity index is 1.05. The van der Waals surface area contributed by atoms with Crippen molar-refractivity contribution < 1.29 is 9.53 Å². The first kappa shape index (κ1) is 28.8. The van der Waals surface area contributed by atoms with Gasteiger partial charge in [0.15, 0.2) is 5.82 Å². The Bertz CT molecular complexity index is 1440. The van der Waals surface area contributed by atoms with Crippen LogP contribution in [0.15, 0.2) is 48.5 Å². The summed E-state index contributed by atoms with van der Waals surface area (Å²) >= 11 is 0. The van der Waals surface area contributed by atoms with E-state index >= 15 is 0 Å². The first-order valence-corrected chi connectivity index (χ1v) is 16.0. The summed E-state index contributed by atoms with van der Waals surface area (Å²) in [7, 11) is 2.15. The number of nitrogens with zero attached hydrogens (tertiary/aromatic N) is 7. The Labute approximate surface area is 259 Å². The van der Waals surface area contributed by atoms with Gasteiger partial charge in [0.05, 0.1) is 12.2 Å². The molecule has 5 heterocycles. The van der Waals surface area contributed by atoms with E-state index in [1.807, 2.05) is 36.4 Å². The standard InChI is InChI=1S/C33H43N9O2/c1-22-4-5-23(2)42(22)32-37-30(36-31(38-32)41-20-28-14-15-29(21-41)44-28)24-6-8-25(9-7-24)34-33(43)35-26-10-12-27(13-11-26)40-18-16-39(3)17-19-40/h6-13,22-23,28-29H,4-5,14-21H2,1-3H3,(H2,34,35,43)/t22-,23+,28?,29?. The van der Waals surface area contributed by atoms with E-state index in [1.165, 1.54) is 5.69 Å². The van der Waals surface area contributed by atoms with Gasteiger partial charge < -0.3 is 35.0 Å². The average molecular weight is 598 g/mol. The maximum absolute atomic E-state index is 12.8. The lowest BCUT2D eigenvalue weighted by atomic mass is 10.2. The molecule has 0 radical (unpaired) electrons. The first-order valence-electron chi connectivity index (χ1n) is 16.0. The molecule has 7 rings (SSSR count). The van der Waals surface area contributed by atoms with Gasteiger partial charge in [-0.25, -0.2) is 4.79 Å². The number of likely N-dealkylation sites (N-methyl/N-ethyl adjacent to an activating group) is 1. The maximum atomic E-state index is 12.8. The van der Waals surface area contributed by atoms with Crippen LogP contribution in [0.2, 0.25) is 0 Å². The maximum Gasteiger partial charge on any atom is 0.323 e. The summed E-state index contributed by atoms with van der Waals surface area (Å²) < 4.78 is 6.08. The number of piperazine rings is 1. The Morgan fingerprint density at radius 3 is 1.91 bits per heavy atom. The van der Waals surface area contributed by atoms with Gasteiger partial charge in [-0.3, -0.25) is 0 Å². The van der Waals surface area contributed by atoms with Crippen LogP contribution in [0.25, 0.3) is 11.4 Å². The van der Waals surface area contributed by atoms with Gasteiger partial charge in [-0.1, -0.05) is 0 Å². The molecule has 2 bridgehead atoms. The van der Waals surface area contributed by atoms with Gasteiger partial charge in [-0.05, 0) is 95.1 Å². The number of nitrogens with one attached hydrogen (secondary N) is 2. The lowest BCUT2D eigenvalue weighted by Gasteiger charge is -2.34. The number of anilines is 5. The number of hydrogen-bond donors (Lipinski definition) is 2. The van der Waals surface area contributed by atoms with Crippen molar-refractivity contribution in [3.8, 4) is 11.4 Å². The van der Waals surface area contributed by atoms with Gasteiger partial charge in [-0.2, -0.15) is 15.0 Å². The second-order valence-corrected chi connectivity index (χ2v) is 12.8. The lowest BCUT2D eigenvalue weighted by molar-refractivity contribution is 0.0299. The van der Waals surface area contributed by atoms with E-state index in [4.69, 9.17) is 19.7 Å². The summed E-state index contributed by atoms with van der Waals surface area (Å²) in [6.07, 6.45) is 4.93. The smallest absolute Gasteiger partial charge is 0.323 e. The van der Waals surface area contributed by atoms with E-state index in [0.29, 0.717) is 23.6 Å². The summed E-state index contributed by atoms with van der Waals surface area (Å²) in [4.78, 5) is 37.0. The molecule has 0 aliphatic carbocycles. The van der Waals surface area contributed by atoms with Crippen molar-refractivity contribution in [3.05, 3.63) is 48.5 Å². The molecule has 4 aliphatic rings. The molecule has 4 atom stereocenters. The molecule has 2 amide bonds.